The molecular formula is C15H15IN2O3S. The monoisotopic (exact) mass is 430 g/mol. The molecule has 0 saturated heterocycles. The summed E-state index contributed by atoms with van der Waals surface area (Å²) in [5.74, 6) is 0. The van der Waals surface area contributed by atoms with Crippen LogP contribution in [-0.4, -0.2) is 18.7 Å². The van der Waals surface area contributed by atoms with E-state index in [4.69, 9.17) is 4.28 Å². The van der Waals surface area contributed by atoms with Crippen molar-refractivity contribution in [1.29, 1.82) is 0 Å². The zero-order valence-corrected chi connectivity index (χ0v) is 15.0. The van der Waals surface area contributed by atoms with Crippen molar-refractivity contribution in [3.8, 4) is 0 Å². The molecule has 22 heavy (non-hydrogen) atoms. The molecule has 3 rings (SSSR count). The predicted molar refractivity (Wildman–Crippen MR) is 92.4 cm³/mol. The normalized spacial score (nSPS) is 16.5. The maximum atomic E-state index is 12.2. The summed E-state index contributed by atoms with van der Waals surface area (Å²) in [6.45, 7) is 2.82. The zero-order valence-electron chi connectivity index (χ0n) is 12.0. The average Bonchev–Trinajstić information content (AvgIpc) is 2.86. The Morgan fingerprint density at radius 3 is 2.73 bits per heavy atom. The molecule has 1 aliphatic heterocycles. The standard InChI is InChI=1S/C15H15IN2O3S/c1-11-4-6-13(7-5-11)22(19,20)21-17-14-3-2-8-18-10-12(16)9-15(14)18/h4-7,9-10H,2-3,8H2,1H3. The lowest BCUT2D eigenvalue weighted by molar-refractivity contribution is 0.336. The van der Waals surface area contributed by atoms with Crippen LogP contribution in [0.1, 0.15) is 24.1 Å². The van der Waals surface area contributed by atoms with Gasteiger partial charge in [-0.1, -0.05) is 22.9 Å². The average molecular weight is 430 g/mol. The molecule has 5 nitrogen and oxygen atoms in total. The fraction of sp³-hybridized carbons (Fsp3) is 0.267. The lowest BCUT2D eigenvalue weighted by Gasteiger charge is -2.16. The van der Waals surface area contributed by atoms with Crippen molar-refractivity contribution in [2.75, 3.05) is 0 Å². The van der Waals surface area contributed by atoms with Crippen molar-refractivity contribution in [3.63, 3.8) is 0 Å². The largest absolute Gasteiger partial charge is 0.358 e. The molecule has 0 radical (unpaired) electrons. The maximum Gasteiger partial charge on any atom is 0.358 e. The molecule has 0 fully saturated rings. The van der Waals surface area contributed by atoms with Gasteiger partial charge in [0.25, 0.3) is 0 Å². The highest BCUT2D eigenvalue weighted by Crippen LogP contribution is 2.21. The fourth-order valence-corrected chi connectivity index (χ4v) is 3.76. The van der Waals surface area contributed by atoms with Crippen LogP contribution >= 0.6 is 22.6 Å². The molecule has 0 N–H and O–H groups in total. The Morgan fingerprint density at radius 1 is 1.27 bits per heavy atom. The van der Waals surface area contributed by atoms with Crippen LogP contribution < -0.4 is 0 Å². The Kier molecular flexibility index (Phi) is 4.26. The molecule has 116 valence electrons. The third-order valence-electron chi connectivity index (χ3n) is 3.53. The van der Waals surface area contributed by atoms with Gasteiger partial charge in [0.1, 0.15) is 10.6 Å². The summed E-state index contributed by atoms with van der Waals surface area (Å²) < 4.78 is 32.4. The summed E-state index contributed by atoms with van der Waals surface area (Å²) in [7, 11) is -3.87. The highest BCUT2D eigenvalue weighted by atomic mass is 127. The number of benzene rings is 1. The molecule has 7 heteroatoms. The second-order valence-electron chi connectivity index (χ2n) is 5.22. The van der Waals surface area contributed by atoms with Crippen LogP contribution in [0.5, 0.6) is 0 Å². The molecule has 0 bridgehead atoms. The number of rotatable bonds is 3. The second-order valence-corrected chi connectivity index (χ2v) is 7.99. The summed E-state index contributed by atoms with van der Waals surface area (Å²) in [5.41, 5.74) is 2.59. The Labute approximate surface area is 143 Å². The van der Waals surface area contributed by atoms with E-state index in [-0.39, 0.29) is 4.90 Å². The first-order chi connectivity index (χ1) is 10.5. The van der Waals surface area contributed by atoms with Gasteiger partial charge in [0.15, 0.2) is 0 Å². The number of aryl methyl sites for hydroxylation is 2. The minimum Gasteiger partial charge on any atom is -0.345 e. The summed E-state index contributed by atoms with van der Waals surface area (Å²) in [6.07, 6.45) is 3.66. The lowest BCUT2D eigenvalue weighted by atomic mass is 10.1. The van der Waals surface area contributed by atoms with Crippen LogP contribution in [0.4, 0.5) is 0 Å². The maximum absolute atomic E-state index is 12.2. The minimum atomic E-state index is -3.87. The molecule has 0 unspecified atom stereocenters. The van der Waals surface area contributed by atoms with Gasteiger partial charge in [0, 0.05) is 16.3 Å². The lowest BCUT2D eigenvalue weighted by Crippen LogP contribution is -2.17. The molecule has 0 aliphatic carbocycles. The highest BCUT2D eigenvalue weighted by molar-refractivity contribution is 14.1. The van der Waals surface area contributed by atoms with Crippen LogP contribution in [0, 0.1) is 10.5 Å². The Balaban J connectivity index is 1.86. The fourth-order valence-electron chi connectivity index (χ4n) is 2.38. The van der Waals surface area contributed by atoms with E-state index in [2.05, 4.69) is 32.3 Å². The van der Waals surface area contributed by atoms with E-state index in [0.717, 1.165) is 27.8 Å². The summed E-state index contributed by atoms with van der Waals surface area (Å²) in [4.78, 5) is 0.114. The van der Waals surface area contributed by atoms with E-state index >= 15 is 0 Å². The third-order valence-corrected chi connectivity index (χ3v) is 5.24. The van der Waals surface area contributed by atoms with E-state index in [0.29, 0.717) is 12.1 Å². The van der Waals surface area contributed by atoms with Gasteiger partial charge >= 0.3 is 10.1 Å². The van der Waals surface area contributed by atoms with Gasteiger partial charge in [-0.2, -0.15) is 8.42 Å². The van der Waals surface area contributed by atoms with Gasteiger partial charge in [-0.3, -0.25) is 4.28 Å². The molecule has 2 aromatic rings. The molecule has 0 saturated carbocycles. The van der Waals surface area contributed by atoms with Crippen molar-refractivity contribution >= 4 is 38.4 Å². The van der Waals surface area contributed by atoms with E-state index in [1.807, 2.05) is 19.2 Å². The third kappa shape index (κ3) is 3.19. The van der Waals surface area contributed by atoms with Crippen molar-refractivity contribution in [2.24, 2.45) is 5.16 Å². The number of nitrogens with zero attached hydrogens (tertiary/aromatic N) is 2. The van der Waals surface area contributed by atoms with Crippen LogP contribution in [-0.2, 0) is 20.9 Å². The zero-order chi connectivity index (χ0) is 15.7. The molecule has 0 spiro atoms. The van der Waals surface area contributed by atoms with Gasteiger partial charge in [0.2, 0.25) is 0 Å². The Bertz CT molecular complexity index is 823. The Morgan fingerprint density at radius 2 is 2.00 bits per heavy atom. The van der Waals surface area contributed by atoms with Crippen molar-refractivity contribution in [2.45, 2.75) is 31.2 Å². The highest BCUT2D eigenvalue weighted by Gasteiger charge is 2.20. The molecule has 1 aromatic carbocycles. The topological polar surface area (TPSA) is 60.7 Å². The van der Waals surface area contributed by atoms with Gasteiger partial charge in [-0.05, 0) is 60.6 Å². The van der Waals surface area contributed by atoms with Gasteiger partial charge in [-0.25, -0.2) is 0 Å². The number of aromatic nitrogens is 1. The molecular weight excluding hydrogens is 415 g/mol. The predicted octanol–water partition coefficient (Wildman–Crippen LogP) is 3.30. The second kappa shape index (κ2) is 6.04. The molecule has 1 aliphatic rings. The number of fused-ring (bicyclic) bond motifs is 1. The summed E-state index contributed by atoms with van der Waals surface area (Å²) in [6, 6.07) is 8.50. The molecule has 2 heterocycles. The number of oxime groups is 1. The first kappa shape index (κ1) is 15.5. The first-order valence-electron chi connectivity index (χ1n) is 6.89. The Hall–Kier alpha value is -1.35. The van der Waals surface area contributed by atoms with Crippen molar-refractivity contribution in [3.05, 3.63) is 51.4 Å². The molecule has 0 amide bonds. The summed E-state index contributed by atoms with van der Waals surface area (Å²) in [5, 5.41) is 3.91. The summed E-state index contributed by atoms with van der Waals surface area (Å²) >= 11 is 2.23. The minimum absolute atomic E-state index is 0.114. The number of hydrogen-bond donors (Lipinski definition) is 0. The van der Waals surface area contributed by atoms with Crippen LogP contribution in [0.2, 0.25) is 0 Å². The van der Waals surface area contributed by atoms with E-state index in [9.17, 15) is 8.42 Å². The van der Waals surface area contributed by atoms with Gasteiger partial charge < -0.3 is 4.57 Å². The van der Waals surface area contributed by atoms with Crippen LogP contribution in [0.15, 0.2) is 46.6 Å². The van der Waals surface area contributed by atoms with E-state index in [1.54, 1.807) is 12.1 Å². The quantitative estimate of drug-likeness (QED) is 0.555. The molecule has 1 aromatic heterocycles. The van der Waals surface area contributed by atoms with Crippen molar-refractivity contribution < 1.29 is 12.7 Å². The van der Waals surface area contributed by atoms with Crippen molar-refractivity contribution in [1.82, 2.24) is 4.57 Å². The van der Waals surface area contributed by atoms with Gasteiger partial charge in [-0.15, -0.1) is 0 Å². The van der Waals surface area contributed by atoms with Crippen LogP contribution in [0.25, 0.3) is 0 Å². The van der Waals surface area contributed by atoms with Gasteiger partial charge in [0.05, 0.1) is 5.69 Å². The SMILES string of the molecule is Cc1ccc(S(=O)(=O)ON=C2CCCn3cc(I)cc32)cc1. The smallest absolute Gasteiger partial charge is 0.345 e. The van der Waals surface area contributed by atoms with Crippen LogP contribution in [0.3, 0.4) is 0 Å². The molecule has 0 atom stereocenters. The first-order valence-corrected chi connectivity index (χ1v) is 9.38. The van der Waals surface area contributed by atoms with E-state index < -0.39 is 10.1 Å². The van der Waals surface area contributed by atoms with E-state index in [1.165, 1.54) is 12.1 Å². The number of halogens is 1. The number of hydrogen-bond acceptors (Lipinski definition) is 4.